The third-order valence-electron chi connectivity index (χ3n) is 5.03. The second-order valence-electron chi connectivity index (χ2n) is 6.89. The number of rotatable bonds is 5. The highest BCUT2D eigenvalue weighted by Gasteiger charge is 2.30. The summed E-state index contributed by atoms with van der Waals surface area (Å²) in [7, 11) is -3.58. The maximum absolute atomic E-state index is 13.3. The van der Waals surface area contributed by atoms with Crippen molar-refractivity contribution in [3.63, 3.8) is 0 Å². The molecule has 0 saturated carbocycles. The van der Waals surface area contributed by atoms with E-state index in [4.69, 9.17) is 0 Å². The Kier molecular flexibility index (Phi) is 5.75. The topological polar surface area (TPSA) is 40.6 Å². The van der Waals surface area contributed by atoms with Crippen molar-refractivity contribution in [2.24, 2.45) is 0 Å². The molecule has 6 heteroatoms. The van der Waals surface area contributed by atoms with E-state index in [1.54, 1.807) is 6.92 Å². The van der Waals surface area contributed by atoms with Crippen LogP contribution in [0.1, 0.15) is 18.1 Å². The van der Waals surface area contributed by atoms with Crippen LogP contribution in [0.2, 0.25) is 0 Å². The van der Waals surface area contributed by atoms with Crippen molar-refractivity contribution >= 4 is 10.0 Å². The van der Waals surface area contributed by atoms with Gasteiger partial charge in [0.15, 0.2) is 0 Å². The minimum absolute atomic E-state index is 0.199. The number of aryl methyl sites for hydroxylation is 1. The SMILES string of the molecule is Cc1cc(F)ccc1S(=O)(=O)N1CCN(C(C)Cc2ccccc2)CC1. The molecule has 2 aromatic rings. The predicted octanol–water partition coefficient (Wildman–Crippen LogP) is 3.07. The van der Waals surface area contributed by atoms with Gasteiger partial charge >= 0.3 is 0 Å². The van der Waals surface area contributed by atoms with Crippen LogP contribution in [0.15, 0.2) is 53.4 Å². The van der Waals surface area contributed by atoms with Gasteiger partial charge in [-0.2, -0.15) is 4.31 Å². The van der Waals surface area contributed by atoms with Crippen LogP contribution in [-0.2, 0) is 16.4 Å². The van der Waals surface area contributed by atoms with E-state index in [9.17, 15) is 12.8 Å². The molecular formula is C20H25FN2O2S. The zero-order chi connectivity index (χ0) is 18.7. The van der Waals surface area contributed by atoms with Crippen molar-refractivity contribution in [1.29, 1.82) is 0 Å². The highest BCUT2D eigenvalue weighted by atomic mass is 32.2. The fourth-order valence-corrected chi connectivity index (χ4v) is 5.14. The first-order valence-electron chi connectivity index (χ1n) is 8.92. The molecule has 0 N–H and O–H groups in total. The van der Waals surface area contributed by atoms with Crippen molar-refractivity contribution in [2.75, 3.05) is 26.2 Å². The van der Waals surface area contributed by atoms with Gasteiger partial charge in [-0.05, 0) is 49.6 Å². The summed E-state index contributed by atoms with van der Waals surface area (Å²) < 4.78 is 40.5. The number of halogens is 1. The smallest absolute Gasteiger partial charge is 0.243 e. The number of benzene rings is 2. The van der Waals surface area contributed by atoms with E-state index in [1.807, 2.05) is 18.2 Å². The van der Waals surface area contributed by atoms with Crippen LogP contribution in [-0.4, -0.2) is 49.8 Å². The summed E-state index contributed by atoms with van der Waals surface area (Å²) in [4.78, 5) is 2.53. The molecule has 140 valence electrons. The summed E-state index contributed by atoms with van der Waals surface area (Å²) >= 11 is 0. The van der Waals surface area contributed by atoms with Gasteiger partial charge in [-0.25, -0.2) is 12.8 Å². The minimum Gasteiger partial charge on any atom is -0.298 e. The van der Waals surface area contributed by atoms with Gasteiger partial charge in [0, 0.05) is 32.2 Å². The average Bonchev–Trinajstić information content (AvgIpc) is 2.62. The van der Waals surface area contributed by atoms with Gasteiger partial charge in [-0.3, -0.25) is 4.90 Å². The molecule has 1 unspecified atom stereocenters. The zero-order valence-corrected chi connectivity index (χ0v) is 16.0. The molecule has 1 aliphatic rings. The van der Waals surface area contributed by atoms with E-state index >= 15 is 0 Å². The van der Waals surface area contributed by atoms with Gasteiger partial charge in [-0.1, -0.05) is 30.3 Å². The van der Waals surface area contributed by atoms with Crippen LogP contribution in [0, 0.1) is 12.7 Å². The highest BCUT2D eigenvalue weighted by molar-refractivity contribution is 7.89. The lowest BCUT2D eigenvalue weighted by molar-refractivity contribution is 0.145. The summed E-state index contributed by atoms with van der Waals surface area (Å²) in [5, 5.41) is 0. The Balaban J connectivity index is 1.64. The average molecular weight is 376 g/mol. The fourth-order valence-electron chi connectivity index (χ4n) is 3.51. The molecule has 1 atom stereocenters. The Morgan fingerprint density at radius 3 is 2.31 bits per heavy atom. The van der Waals surface area contributed by atoms with Crippen LogP contribution < -0.4 is 0 Å². The van der Waals surface area contributed by atoms with Crippen LogP contribution in [0.25, 0.3) is 0 Å². The number of piperazine rings is 1. The summed E-state index contributed by atoms with van der Waals surface area (Å²) in [6.45, 7) is 6.13. The Labute approximate surface area is 155 Å². The first kappa shape index (κ1) is 19.0. The molecule has 0 bridgehead atoms. The van der Waals surface area contributed by atoms with Gasteiger partial charge in [0.1, 0.15) is 5.82 Å². The largest absolute Gasteiger partial charge is 0.298 e. The Morgan fingerprint density at radius 2 is 1.69 bits per heavy atom. The van der Waals surface area contributed by atoms with E-state index in [0.29, 0.717) is 37.8 Å². The Hall–Kier alpha value is -1.76. The number of nitrogens with zero attached hydrogens (tertiary/aromatic N) is 2. The third-order valence-corrected chi connectivity index (χ3v) is 7.08. The summed E-state index contributed by atoms with van der Waals surface area (Å²) in [6.07, 6.45) is 0.949. The third kappa shape index (κ3) is 4.14. The number of sulfonamides is 1. The zero-order valence-electron chi connectivity index (χ0n) is 15.2. The van der Waals surface area contributed by atoms with Gasteiger partial charge < -0.3 is 0 Å². The van der Waals surface area contributed by atoms with E-state index in [2.05, 4.69) is 24.0 Å². The van der Waals surface area contributed by atoms with Gasteiger partial charge in [0.2, 0.25) is 10.0 Å². The lowest BCUT2D eigenvalue weighted by atomic mass is 10.1. The molecule has 1 aliphatic heterocycles. The molecule has 3 rings (SSSR count). The van der Waals surface area contributed by atoms with Crippen LogP contribution in [0.5, 0.6) is 0 Å². The standard InChI is InChI=1S/C20H25FN2O2S/c1-16-14-19(21)8-9-20(16)26(24,25)23-12-10-22(11-13-23)17(2)15-18-6-4-3-5-7-18/h3-9,14,17H,10-13,15H2,1-2H3. The first-order valence-corrected chi connectivity index (χ1v) is 10.4. The van der Waals surface area contributed by atoms with Crippen LogP contribution in [0.3, 0.4) is 0 Å². The maximum atomic E-state index is 13.3. The second kappa shape index (κ2) is 7.86. The molecule has 1 heterocycles. The molecule has 0 radical (unpaired) electrons. The van der Waals surface area contributed by atoms with Crippen molar-refractivity contribution in [3.8, 4) is 0 Å². The first-order chi connectivity index (χ1) is 12.4. The highest BCUT2D eigenvalue weighted by Crippen LogP contribution is 2.22. The molecule has 0 spiro atoms. The van der Waals surface area contributed by atoms with Crippen molar-refractivity contribution in [3.05, 3.63) is 65.5 Å². The fraction of sp³-hybridized carbons (Fsp3) is 0.400. The van der Waals surface area contributed by atoms with E-state index in [0.717, 1.165) is 6.42 Å². The molecule has 0 aromatic heterocycles. The maximum Gasteiger partial charge on any atom is 0.243 e. The second-order valence-corrected chi connectivity index (χ2v) is 8.79. The van der Waals surface area contributed by atoms with E-state index in [-0.39, 0.29) is 4.90 Å². The summed E-state index contributed by atoms with van der Waals surface area (Å²) in [6, 6.07) is 14.5. The predicted molar refractivity (Wildman–Crippen MR) is 101 cm³/mol. The number of hydrogen-bond acceptors (Lipinski definition) is 3. The monoisotopic (exact) mass is 376 g/mol. The van der Waals surface area contributed by atoms with Crippen molar-refractivity contribution < 1.29 is 12.8 Å². The van der Waals surface area contributed by atoms with Crippen molar-refractivity contribution in [1.82, 2.24) is 9.21 Å². The molecule has 26 heavy (non-hydrogen) atoms. The summed E-state index contributed by atoms with van der Waals surface area (Å²) in [5.74, 6) is -0.416. The lowest BCUT2D eigenvalue weighted by Crippen LogP contribution is -2.51. The minimum atomic E-state index is -3.58. The van der Waals surface area contributed by atoms with E-state index in [1.165, 1.54) is 28.1 Å². The number of hydrogen-bond donors (Lipinski definition) is 0. The molecule has 4 nitrogen and oxygen atoms in total. The van der Waals surface area contributed by atoms with Gasteiger partial charge in [0.05, 0.1) is 4.90 Å². The summed E-state index contributed by atoms with van der Waals surface area (Å²) in [5.41, 5.74) is 1.74. The molecule has 0 aliphatic carbocycles. The molecular weight excluding hydrogens is 351 g/mol. The molecule has 1 fully saturated rings. The molecule has 0 amide bonds. The molecule has 2 aromatic carbocycles. The quantitative estimate of drug-likeness (QED) is 0.805. The van der Waals surface area contributed by atoms with E-state index < -0.39 is 15.8 Å². The Morgan fingerprint density at radius 1 is 1.04 bits per heavy atom. The van der Waals surface area contributed by atoms with Crippen LogP contribution in [0.4, 0.5) is 4.39 Å². The lowest BCUT2D eigenvalue weighted by Gasteiger charge is -2.37. The van der Waals surface area contributed by atoms with Crippen LogP contribution >= 0.6 is 0 Å². The normalized spacial score (nSPS) is 18.0. The van der Waals surface area contributed by atoms with Crippen molar-refractivity contribution in [2.45, 2.75) is 31.2 Å². The van der Waals surface area contributed by atoms with Gasteiger partial charge in [-0.15, -0.1) is 0 Å². The Bertz CT molecular complexity index is 847. The molecule has 1 saturated heterocycles. The van der Waals surface area contributed by atoms with Gasteiger partial charge in [0.25, 0.3) is 0 Å².